The second-order valence-electron chi connectivity index (χ2n) is 7.45. The van der Waals surface area contributed by atoms with Gasteiger partial charge in [-0.05, 0) is 18.6 Å². The number of fused-ring (bicyclic) bond motifs is 1. The Kier molecular flexibility index (Phi) is 7.67. The van der Waals surface area contributed by atoms with Crippen LogP contribution in [0, 0.1) is 0 Å². The molecule has 35 heavy (non-hydrogen) atoms. The van der Waals surface area contributed by atoms with Crippen LogP contribution in [0.5, 0.6) is 5.88 Å². The number of ether oxygens (including phenoxy) is 2. The van der Waals surface area contributed by atoms with Gasteiger partial charge in [0, 0.05) is 18.8 Å². The van der Waals surface area contributed by atoms with Gasteiger partial charge >= 0.3 is 5.69 Å². The summed E-state index contributed by atoms with van der Waals surface area (Å²) in [5, 5.41) is 4.57. The van der Waals surface area contributed by atoms with E-state index in [0.717, 1.165) is 10.2 Å². The molecule has 0 N–H and O–H groups in total. The number of halogens is 4. The Bertz CT molecular complexity index is 1360. The minimum Gasteiger partial charge on any atom is -0.465 e. The molecule has 184 valence electrons. The van der Waals surface area contributed by atoms with E-state index in [1.54, 1.807) is 6.92 Å². The first-order valence-electron chi connectivity index (χ1n) is 10.7. The molecule has 0 radical (unpaired) electrons. The molecule has 12 heteroatoms. The Morgan fingerprint density at radius 3 is 2.60 bits per heavy atom. The van der Waals surface area contributed by atoms with Crippen molar-refractivity contribution in [3.63, 3.8) is 0 Å². The zero-order chi connectivity index (χ0) is 24.9. The third-order valence-corrected chi connectivity index (χ3v) is 5.45. The summed E-state index contributed by atoms with van der Waals surface area (Å²) in [6.45, 7) is 0.988. The highest BCUT2D eigenvalue weighted by molar-refractivity contribution is 6.35. The monoisotopic (exact) mass is 507 g/mol. The number of hydrogen-bond acceptors (Lipinski definition) is 6. The van der Waals surface area contributed by atoms with E-state index >= 15 is 0 Å². The zero-order valence-corrected chi connectivity index (χ0v) is 19.3. The van der Waals surface area contributed by atoms with Crippen LogP contribution in [0.1, 0.15) is 18.3 Å². The number of benzene rings is 1. The lowest BCUT2D eigenvalue weighted by Crippen LogP contribution is -2.28. The maximum absolute atomic E-state index is 13.2. The van der Waals surface area contributed by atoms with Crippen molar-refractivity contribution in [3.05, 3.63) is 75.6 Å². The third-order valence-electron chi connectivity index (χ3n) is 5.14. The molecular formula is C23H21ClF3N5O3. The van der Waals surface area contributed by atoms with E-state index in [4.69, 9.17) is 21.1 Å². The van der Waals surface area contributed by atoms with Gasteiger partial charge in [0.1, 0.15) is 13.3 Å². The largest absolute Gasteiger partial charge is 0.465 e. The van der Waals surface area contributed by atoms with Gasteiger partial charge in [-0.3, -0.25) is 9.55 Å². The summed E-state index contributed by atoms with van der Waals surface area (Å²) in [7, 11) is 0. The normalized spacial score (nSPS) is 12.4. The summed E-state index contributed by atoms with van der Waals surface area (Å²) in [5.41, 5.74) is 0.644. The summed E-state index contributed by atoms with van der Waals surface area (Å²) in [5.74, 6) is -0.0832. The first-order valence-corrected chi connectivity index (χ1v) is 11.1. The third kappa shape index (κ3) is 5.30. The molecule has 0 fully saturated rings. The SMILES string of the molecule is CCn1c(COCc2ccccc2)nn(-c2cc3nccc(Cl)c3c(OC(CF)C(F)F)n2)c1=O. The van der Waals surface area contributed by atoms with Crippen LogP contribution in [0.25, 0.3) is 16.7 Å². The molecule has 0 aliphatic carbocycles. The van der Waals surface area contributed by atoms with Crippen LogP contribution in [0.15, 0.2) is 53.5 Å². The molecule has 4 aromatic rings. The fourth-order valence-corrected chi connectivity index (χ4v) is 3.66. The van der Waals surface area contributed by atoms with E-state index in [1.165, 1.54) is 22.9 Å². The van der Waals surface area contributed by atoms with Crippen molar-refractivity contribution in [2.45, 2.75) is 39.2 Å². The lowest BCUT2D eigenvalue weighted by molar-refractivity contribution is -0.00264. The van der Waals surface area contributed by atoms with E-state index in [1.807, 2.05) is 30.3 Å². The molecule has 1 atom stereocenters. The van der Waals surface area contributed by atoms with Crippen LogP contribution >= 0.6 is 11.6 Å². The number of pyridine rings is 2. The van der Waals surface area contributed by atoms with Gasteiger partial charge in [0.15, 0.2) is 17.7 Å². The summed E-state index contributed by atoms with van der Waals surface area (Å²) in [6.07, 6.45) is -3.77. The highest BCUT2D eigenvalue weighted by Gasteiger charge is 2.26. The number of rotatable bonds is 10. The Hall–Kier alpha value is -3.44. The number of alkyl halides is 3. The lowest BCUT2D eigenvalue weighted by Gasteiger charge is -2.16. The smallest absolute Gasteiger partial charge is 0.352 e. The Morgan fingerprint density at radius 1 is 1.14 bits per heavy atom. The molecule has 3 heterocycles. The number of hydrogen-bond donors (Lipinski definition) is 0. The van der Waals surface area contributed by atoms with E-state index < -0.39 is 24.9 Å². The highest BCUT2D eigenvalue weighted by Crippen LogP contribution is 2.32. The van der Waals surface area contributed by atoms with Gasteiger partial charge in [0.2, 0.25) is 5.88 Å². The van der Waals surface area contributed by atoms with Crippen LogP contribution < -0.4 is 10.4 Å². The Labute approximate surface area is 202 Å². The molecule has 0 spiro atoms. The van der Waals surface area contributed by atoms with Gasteiger partial charge in [-0.1, -0.05) is 41.9 Å². The van der Waals surface area contributed by atoms with E-state index in [0.29, 0.717) is 19.0 Å². The molecule has 4 rings (SSSR count). The zero-order valence-electron chi connectivity index (χ0n) is 18.6. The molecule has 0 saturated heterocycles. The first kappa shape index (κ1) is 24.7. The van der Waals surface area contributed by atoms with Gasteiger partial charge < -0.3 is 9.47 Å². The highest BCUT2D eigenvalue weighted by atomic mass is 35.5. The fourth-order valence-electron chi connectivity index (χ4n) is 3.42. The van der Waals surface area contributed by atoms with Crippen molar-refractivity contribution < 1.29 is 22.6 Å². The minimum absolute atomic E-state index is 0.0430. The lowest BCUT2D eigenvalue weighted by atomic mass is 10.2. The molecule has 0 saturated carbocycles. The molecule has 8 nitrogen and oxygen atoms in total. The minimum atomic E-state index is -3.11. The standard InChI is InChI=1S/C23H21ClF3N5O3/c1-2-31-19(13-34-12-14-6-4-3-5-7-14)30-32(23(31)33)18-10-16-20(15(24)8-9-28-16)22(29-18)35-17(11-25)21(26)27/h3-10,17,21H,2,11-13H2,1H3. The summed E-state index contributed by atoms with van der Waals surface area (Å²) >= 11 is 6.21. The van der Waals surface area contributed by atoms with Gasteiger partial charge in [0.25, 0.3) is 6.43 Å². The summed E-state index contributed by atoms with van der Waals surface area (Å²) in [6, 6.07) is 12.3. The topological polar surface area (TPSA) is 84.1 Å². The fraction of sp³-hybridized carbons (Fsp3) is 0.304. The van der Waals surface area contributed by atoms with E-state index in [9.17, 15) is 18.0 Å². The van der Waals surface area contributed by atoms with Crippen LogP contribution in [0.4, 0.5) is 13.2 Å². The van der Waals surface area contributed by atoms with Crippen LogP contribution in [-0.2, 0) is 24.5 Å². The predicted molar refractivity (Wildman–Crippen MR) is 123 cm³/mol. The van der Waals surface area contributed by atoms with E-state index in [2.05, 4.69) is 15.1 Å². The predicted octanol–water partition coefficient (Wildman–Crippen LogP) is 4.35. The van der Waals surface area contributed by atoms with Gasteiger partial charge in [0.05, 0.1) is 22.5 Å². The second-order valence-corrected chi connectivity index (χ2v) is 7.86. The van der Waals surface area contributed by atoms with Crippen LogP contribution in [0.3, 0.4) is 0 Å². The van der Waals surface area contributed by atoms with E-state index in [-0.39, 0.29) is 34.2 Å². The van der Waals surface area contributed by atoms with Crippen molar-refractivity contribution in [1.82, 2.24) is 24.3 Å². The molecule has 0 bridgehead atoms. The van der Waals surface area contributed by atoms with Gasteiger partial charge in [-0.25, -0.2) is 18.0 Å². The van der Waals surface area contributed by atoms with Crippen molar-refractivity contribution in [2.75, 3.05) is 6.67 Å². The summed E-state index contributed by atoms with van der Waals surface area (Å²) in [4.78, 5) is 21.4. The maximum Gasteiger partial charge on any atom is 0.352 e. The van der Waals surface area contributed by atoms with Gasteiger partial charge in [-0.15, -0.1) is 5.10 Å². The Balaban J connectivity index is 1.72. The van der Waals surface area contributed by atoms with Crippen LogP contribution in [0.2, 0.25) is 5.02 Å². The molecular weight excluding hydrogens is 487 g/mol. The maximum atomic E-state index is 13.2. The molecule has 1 aromatic carbocycles. The quantitative estimate of drug-likeness (QED) is 0.317. The molecule has 0 aliphatic rings. The average Bonchev–Trinajstić information content (AvgIpc) is 3.17. The Morgan fingerprint density at radius 2 is 1.91 bits per heavy atom. The van der Waals surface area contributed by atoms with Crippen molar-refractivity contribution in [2.24, 2.45) is 0 Å². The second kappa shape index (κ2) is 10.9. The summed E-state index contributed by atoms with van der Waals surface area (Å²) < 4.78 is 52.8. The molecule has 1 unspecified atom stereocenters. The number of aromatic nitrogens is 5. The van der Waals surface area contributed by atoms with Crippen LogP contribution in [-0.4, -0.2) is 43.5 Å². The van der Waals surface area contributed by atoms with Crippen molar-refractivity contribution in [3.8, 4) is 11.7 Å². The molecule has 0 aliphatic heterocycles. The average molecular weight is 508 g/mol. The van der Waals surface area contributed by atoms with Crippen molar-refractivity contribution in [1.29, 1.82) is 0 Å². The van der Waals surface area contributed by atoms with Crippen molar-refractivity contribution >= 4 is 22.5 Å². The molecule has 3 aromatic heterocycles. The van der Waals surface area contributed by atoms with Gasteiger partial charge in [-0.2, -0.15) is 9.67 Å². The molecule has 0 amide bonds. The first-order chi connectivity index (χ1) is 16.9. The number of nitrogens with zero attached hydrogens (tertiary/aromatic N) is 5.